The number of benzene rings is 6. The number of carboxylic acids is 2. The third kappa shape index (κ3) is 15.8. The van der Waals surface area contributed by atoms with E-state index >= 15 is 0 Å². The molecule has 12 N–H and O–H groups in total. The second-order valence-electron chi connectivity index (χ2n) is 20.6. The molecule has 0 radical (unpaired) electrons. The third-order valence-corrected chi connectivity index (χ3v) is 14.0. The van der Waals surface area contributed by atoms with Gasteiger partial charge in [0.05, 0.1) is 113 Å². The summed E-state index contributed by atoms with van der Waals surface area (Å²) >= 11 is 0. The second-order valence-corrected chi connectivity index (χ2v) is 20.6. The van der Waals surface area contributed by atoms with Crippen molar-refractivity contribution in [3.63, 3.8) is 0 Å². The van der Waals surface area contributed by atoms with Crippen LogP contribution in [0.25, 0.3) is 0 Å². The number of hydrogen-bond acceptors (Lipinski definition) is 24. The third-order valence-electron chi connectivity index (χ3n) is 14.0. The first-order chi connectivity index (χ1) is 45.2. The first kappa shape index (κ1) is 70.7. The van der Waals surface area contributed by atoms with Crippen LogP contribution in [0.5, 0.6) is 0 Å². The number of amides is 6. The lowest BCUT2D eigenvalue weighted by molar-refractivity contribution is -0.0250. The first-order valence-electron chi connectivity index (χ1n) is 28.2. The van der Waals surface area contributed by atoms with Crippen molar-refractivity contribution >= 4 is 88.6 Å². The molecule has 0 fully saturated rings. The average Bonchev–Trinajstić information content (AvgIpc) is 1.68. The maximum absolute atomic E-state index is 13.4. The van der Waals surface area contributed by atoms with E-state index in [0.29, 0.717) is 31.3 Å². The minimum Gasteiger partial charge on any atom is -0.478 e. The van der Waals surface area contributed by atoms with E-state index in [9.17, 15) is 82.1 Å². The number of aromatic carboxylic acids is 2. The van der Waals surface area contributed by atoms with Gasteiger partial charge in [-0.05, 0) is 93.6 Å². The Balaban J connectivity index is 0.000000259. The number of carbonyl (C=O) groups is 15. The fourth-order valence-corrected chi connectivity index (χ4v) is 9.36. The molecule has 4 heterocycles. The van der Waals surface area contributed by atoms with Gasteiger partial charge in [-0.2, -0.15) is 0 Å². The number of esters is 4. The molecule has 10 rings (SSSR count). The molecule has 6 aromatic rings. The van der Waals surface area contributed by atoms with E-state index in [1.807, 2.05) is 20.8 Å². The molecular formula is C65H58N8O22. The Morgan fingerprint density at radius 1 is 0.495 bits per heavy atom. The minimum atomic E-state index is -1.55. The minimum absolute atomic E-state index is 0.0154. The zero-order valence-corrected chi connectivity index (χ0v) is 50.5. The number of carboxylic acid groups (broad SMARTS) is 2. The first-order valence-corrected chi connectivity index (χ1v) is 28.2. The van der Waals surface area contributed by atoms with E-state index in [1.54, 1.807) is 6.08 Å². The summed E-state index contributed by atoms with van der Waals surface area (Å²) in [5.41, 5.74) is 14.3. The Kier molecular flexibility index (Phi) is 23.1. The van der Waals surface area contributed by atoms with E-state index in [4.69, 9.17) is 32.6 Å². The van der Waals surface area contributed by atoms with Crippen LogP contribution >= 0.6 is 0 Å². The molecule has 2 unspecified atom stereocenters. The van der Waals surface area contributed by atoms with Crippen LogP contribution in [0, 0.1) is 0 Å². The molecule has 4 aliphatic rings. The fourth-order valence-electron chi connectivity index (χ4n) is 9.36. The lowest BCUT2D eigenvalue weighted by Gasteiger charge is -2.16. The number of nitrogens with two attached hydrogens (primary N) is 4. The van der Waals surface area contributed by atoms with Gasteiger partial charge in [-0.1, -0.05) is 42.5 Å². The van der Waals surface area contributed by atoms with Crippen LogP contribution in [0.15, 0.2) is 122 Å². The standard InChI is InChI=1S/C37H26N6O12.C17H6O7.C8H20N2O3.C3H6/c38-13-40-30(46)24-9-16(3-7-22(24)36(52)53)28(44)17-4-8-23(37(54)55)25(10-17)31(47)41-15-43-33(49)21-6-2-19(12-27(21)35(43)51)29(45)18-1-5-20-26(11-18)34(50)42(14-39)32(20)48;18-13(7-1-3-9-11(5-7)16(21)23-14(9)19)8-2-4-10-12(6-8)17(22)24-15(10)20;1-7(9)5-11-3-4-12-6-8(2)13-10;1-3-2/h1-12H,13-15,38-39H2,(H,40,46)(H,41,47)(H,52,53)(H,54,55);1-6H;7-8H,3-6,9-10H2,1-2H3;3H,1H2,2H3. The lowest BCUT2D eigenvalue weighted by Crippen LogP contribution is -2.41. The van der Waals surface area contributed by atoms with E-state index in [0.717, 1.165) is 47.4 Å². The van der Waals surface area contributed by atoms with E-state index in [1.165, 1.54) is 66.7 Å². The van der Waals surface area contributed by atoms with E-state index in [-0.39, 0.29) is 109 Å². The van der Waals surface area contributed by atoms with Crippen molar-refractivity contribution in [3.8, 4) is 0 Å². The molecular weight excluding hydrogens is 1240 g/mol. The molecule has 0 bridgehead atoms. The summed E-state index contributed by atoms with van der Waals surface area (Å²) in [6.45, 7) is 9.69. The maximum Gasteiger partial charge on any atom is 0.346 e. The molecule has 6 amide bonds. The van der Waals surface area contributed by atoms with Crippen molar-refractivity contribution in [1.29, 1.82) is 0 Å². The number of nitrogens with one attached hydrogen (secondary N) is 2. The lowest BCUT2D eigenvalue weighted by atomic mass is 9.95. The van der Waals surface area contributed by atoms with Crippen molar-refractivity contribution in [2.24, 2.45) is 23.1 Å². The Labute approximate surface area is 537 Å². The SMILES string of the molecule is C=CC.CC(N)COCCOCC(C)ON.NCNC(=O)c1cc(C(=O)c2ccc(C(=O)O)c(C(=O)NCN3C(=O)c4ccc(C(=O)c5ccc6c(c5)C(=O)N(CN)C6=O)cc4C3=O)c2)ccc1C(=O)O.O=C(c1ccc2c(c1)C(=O)OC2=O)c1ccc2c(c1)C(=O)OC2=O. The normalized spacial score (nSPS) is 13.6. The number of imide groups is 2. The van der Waals surface area contributed by atoms with Crippen LogP contribution < -0.4 is 33.7 Å². The summed E-state index contributed by atoms with van der Waals surface area (Å²) in [5, 5.41) is 23.8. The van der Waals surface area contributed by atoms with Gasteiger partial charge in [-0.25, -0.2) is 34.7 Å². The van der Waals surface area contributed by atoms with E-state index < -0.39 is 112 Å². The Morgan fingerprint density at radius 2 is 0.832 bits per heavy atom. The van der Waals surface area contributed by atoms with Crippen LogP contribution in [0.4, 0.5) is 0 Å². The smallest absolute Gasteiger partial charge is 0.346 e. The fraction of sp³-hybridized carbons (Fsp3) is 0.185. The van der Waals surface area contributed by atoms with Crippen molar-refractivity contribution in [1.82, 2.24) is 20.4 Å². The summed E-state index contributed by atoms with van der Waals surface area (Å²) in [4.78, 5) is 192. The van der Waals surface area contributed by atoms with Gasteiger partial charge >= 0.3 is 35.8 Å². The van der Waals surface area contributed by atoms with Crippen LogP contribution in [-0.4, -0.2) is 167 Å². The Bertz CT molecular complexity index is 4170. The number of fused-ring (bicyclic) bond motifs is 4. The maximum atomic E-state index is 13.4. The molecule has 0 saturated heterocycles. The molecule has 0 spiro atoms. The predicted molar refractivity (Wildman–Crippen MR) is 327 cm³/mol. The van der Waals surface area contributed by atoms with Crippen LogP contribution in [0.2, 0.25) is 0 Å². The monoisotopic (exact) mass is 1300 g/mol. The Morgan fingerprint density at radius 3 is 1.22 bits per heavy atom. The quantitative estimate of drug-likeness (QED) is 0.00707. The highest BCUT2D eigenvalue weighted by Crippen LogP contribution is 2.30. The Hall–Kier alpha value is -11.8. The van der Waals surface area contributed by atoms with Gasteiger partial charge in [0.2, 0.25) is 0 Å². The number of rotatable bonds is 22. The highest BCUT2D eigenvalue weighted by atomic mass is 16.6. The zero-order chi connectivity index (χ0) is 69.7. The van der Waals surface area contributed by atoms with Crippen molar-refractivity contribution < 1.29 is 106 Å². The van der Waals surface area contributed by atoms with Crippen molar-refractivity contribution in [2.75, 3.05) is 46.4 Å². The number of carbonyl (C=O) groups excluding carboxylic acids is 13. The highest BCUT2D eigenvalue weighted by Gasteiger charge is 2.39. The summed E-state index contributed by atoms with van der Waals surface area (Å²) in [7, 11) is 0. The molecule has 95 heavy (non-hydrogen) atoms. The molecule has 2 atom stereocenters. The molecule has 30 nitrogen and oxygen atoms in total. The van der Waals surface area contributed by atoms with Gasteiger partial charge in [0.25, 0.3) is 35.4 Å². The number of allylic oxidation sites excluding steroid dienone is 1. The zero-order valence-electron chi connectivity index (χ0n) is 50.5. The molecule has 6 aromatic carbocycles. The number of ketones is 3. The summed E-state index contributed by atoms with van der Waals surface area (Å²) in [6.07, 6.45) is 1.67. The van der Waals surface area contributed by atoms with Gasteiger partial charge < -0.3 is 57.0 Å². The van der Waals surface area contributed by atoms with Crippen LogP contribution in [-0.2, 0) is 23.8 Å². The number of hydrogen-bond donors (Lipinski definition) is 8. The molecule has 0 saturated carbocycles. The molecule has 0 aliphatic carbocycles. The van der Waals surface area contributed by atoms with Gasteiger partial charge in [-0.15, -0.1) is 6.58 Å². The predicted octanol–water partition coefficient (Wildman–Crippen LogP) is 3.06. The summed E-state index contributed by atoms with van der Waals surface area (Å²) in [5.74, 6) is -8.12. The van der Waals surface area contributed by atoms with E-state index in [2.05, 4.69) is 31.5 Å². The summed E-state index contributed by atoms with van der Waals surface area (Å²) in [6, 6.07) is 21.8. The van der Waals surface area contributed by atoms with Gasteiger partial charge in [0.15, 0.2) is 17.3 Å². The molecule has 30 heteroatoms. The van der Waals surface area contributed by atoms with Crippen LogP contribution in [0.3, 0.4) is 0 Å². The number of nitrogens with zero attached hydrogens (tertiary/aromatic N) is 2. The molecule has 4 aliphatic heterocycles. The second kappa shape index (κ2) is 31.0. The van der Waals surface area contributed by atoms with Gasteiger partial charge in [0.1, 0.15) is 6.67 Å². The van der Waals surface area contributed by atoms with Crippen molar-refractivity contribution in [3.05, 3.63) is 222 Å². The van der Waals surface area contributed by atoms with Crippen molar-refractivity contribution in [2.45, 2.75) is 32.9 Å². The highest BCUT2D eigenvalue weighted by molar-refractivity contribution is 6.25. The molecule has 0 aromatic heterocycles. The largest absolute Gasteiger partial charge is 0.478 e. The summed E-state index contributed by atoms with van der Waals surface area (Å²) < 4.78 is 19.3. The topological polar surface area (TPSA) is 477 Å². The van der Waals surface area contributed by atoms with Crippen LogP contribution in [0.1, 0.15) is 193 Å². The van der Waals surface area contributed by atoms with Gasteiger partial charge in [-0.3, -0.25) is 57.8 Å². The molecule has 490 valence electrons. The van der Waals surface area contributed by atoms with Gasteiger partial charge in [0, 0.05) is 39.4 Å². The average molecular weight is 1300 g/mol. The number of cyclic esters (lactones) is 4. The number of ether oxygens (including phenoxy) is 4.